The van der Waals surface area contributed by atoms with Crippen LogP contribution in [0.25, 0.3) is 10.4 Å². The number of imide groups is 1. The number of nitrogens with zero attached hydrogens (tertiary/aromatic N) is 4. The third kappa shape index (κ3) is 6.59. The van der Waals surface area contributed by atoms with Crippen LogP contribution in [0.3, 0.4) is 0 Å². The number of hydroxylamine groups is 2. The van der Waals surface area contributed by atoms with Gasteiger partial charge in [0.1, 0.15) is 0 Å². The molecule has 0 bridgehead atoms. The molecule has 1 aliphatic rings. The Labute approximate surface area is 120 Å². The van der Waals surface area contributed by atoms with Crippen molar-refractivity contribution in [1.82, 2.24) is 5.06 Å². The van der Waals surface area contributed by atoms with Gasteiger partial charge in [0.05, 0.1) is 6.61 Å². The van der Waals surface area contributed by atoms with Crippen molar-refractivity contribution < 1.29 is 29.0 Å². The van der Waals surface area contributed by atoms with Gasteiger partial charge in [0.15, 0.2) is 0 Å². The Kier molecular flexibility index (Phi) is 7.62. The van der Waals surface area contributed by atoms with Crippen LogP contribution in [-0.2, 0) is 24.2 Å². The fraction of sp³-hybridized carbons (Fsp3) is 0.727. The molecule has 0 spiro atoms. The van der Waals surface area contributed by atoms with Crippen molar-refractivity contribution in [1.29, 1.82) is 0 Å². The van der Waals surface area contributed by atoms with Crippen LogP contribution in [0.4, 0.5) is 4.79 Å². The number of carbonyl (C=O) groups excluding carboxylic acids is 3. The molecule has 0 aromatic rings. The summed E-state index contributed by atoms with van der Waals surface area (Å²) in [6.07, 6.45) is 1.89. The van der Waals surface area contributed by atoms with Crippen LogP contribution < -0.4 is 0 Å². The van der Waals surface area contributed by atoms with Crippen LogP contribution >= 0.6 is 0 Å². The van der Waals surface area contributed by atoms with Gasteiger partial charge in [-0.2, -0.15) is 9.68 Å². The van der Waals surface area contributed by atoms with E-state index in [4.69, 9.17) is 5.53 Å². The molecule has 1 aliphatic heterocycles. The third-order valence-corrected chi connectivity index (χ3v) is 2.60. The van der Waals surface area contributed by atoms with Crippen LogP contribution in [0.15, 0.2) is 5.11 Å². The molecular formula is C11H16N4O6. The summed E-state index contributed by atoms with van der Waals surface area (Å²) in [5.74, 6) is -1.17. The Balaban J connectivity index is 2.00. The standard InChI is InChI=1S/C11H16N4O6/c12-14-13-7-3-1-2-4-8-19-21-11(18)20-15-9(16)5-6-10(15)17/h1-8H2. The summed E-state index contributed by atoms with van der Waals surface area (Å²) in [6, 6.07) is 0. The van der Waals surface area contributed by atoms with Crippen molar-refractivity contribution in [3.63, 3.8) is 0 Å². The molecule has 0 aliphatic carbocycles. The molecule has 0 N–H and O–H groups in total. The number of rotatable bonds is 9. The predicted octanol–water partition coefficient (Wildman–Crippen LogP) is 2.01. The zero-order valence-corrected chi connectivity index (χ0v) is 11.4. The smallest absolute Gasteiger partial charge is 0.293 e. The second-order valence-corrected chi connectivity index (χ2v) is 4.20. The minimum atomic E-state index is -1.26. The molecule has 1 heterocycles. The first-order valence-corrected chi connectivity index (χ1v) is 6.53. The summed E-state index contributed by atoms with van der Waals surface area (Å²) in [6.45, 7) is 0.622. The van der Waals surface area contributed by atoms with Gasteiger partial charge in [-0.3, -0.25) is 19.3 Å². The third-order valence-electron chi connectivity index (χ3n) is 2.60. The molecular weight excluding hydrogens is 284 g/mol. The van der Waals surface area contributed by atoms with Crippen LogP contribution in [0.2, 0.25) is 0 Å². The summed E-state index contributed by atoms with van der Waals surface area (Å²) in [5, 5.41) is 3.77. The maximum absolute atomic E-state index is 11.1. The van der Waals surface area contributed by atoms with Gasteiger partial charge in [0, 0.05) is 24.3 Å². The van der Waals surface area contributed by atoms with E-state index in [1.54, 1.807) is 0 Å². The summed E-state index contributed by atoms with van der Waals surface area (Å²) >= 11 is 0. The van der Waals surface area contributed by atoms with E-state index < -0.39 is 18.0 Å². The SMILES string of the molecule is [N-]=[N+]=NCCCCCCOOC(=O)ON1C(=O)CCC1=O. The molecule has 116 valence electrons. The molecule has 1 saturated heterocycles. The van der Waals surface area contributed by atoms with Crippen molar-refractivity contribution >= 4 is 18.0 Å². The van der Waals surface area contributed by atoms with E-state index in [0.717, 1.165) is 19.3 Å². The van der Waals surface area contributed by atoms with Gasteiger partial charge in [-0.05, 0) is 18.4 Å². The molecule has 10 nitrogen and oxygen atoms in total. The Morgan fingerprint density at radius 1 is 1.19 bits per heavy atom. The van der Waals surface area contributed by atoms with Gasteiger partial charge in [-0.25, -0.2) is 0 Å². The zero-order chi connectivity index (χ0) is 15.5. The fourth-order valence-corrected chi connectivity index (χ4v) is 1.58. The van der Waals surface area contributed by atoms with Gasteiger partial charge in [0.2, 0.25) is 0 Å². The van der Waals surface area contributed by atoms with E-state index in [1.807, 2.05) is 0 Å². The van der Waals surface area contributed by atoms with Gasteiger partial charge < -0.3 is 0 Å². The van der Waals surface area contributed by atoms with Crippen molar-refractivity contribution in [2.45, 2.75) is 38.5 Å². The highest BCUT2D eigenvalue weighted by Gasteiger charge is 2.33. The summed E-state index contributed by atoms with van der Waals surface area (Å²) < 4.78 is 0. The molecule has 21 heavy (non-hydrogen) atoms. The monoisotopic (exact) mass is 300 g/mol. The number of amides is 2. The second kappa shape index (κ2) is 9.56. The van der Waals surface area contributed by atoms with Crippen molar-refractivity contribution in [2.75, 3.05) is 13.2 Å². The normalized spacial score (nSPS) is 14.0. The second-order valence-electron chi connectivity index (χ2n) is 4.20. The highest BCUT2D eigenvalue weighted by atomic mass is 17.2. The number of carbonyl (C=O) groups is 3. The number of hydrogen-bond acceptors (Lipinski definition) is 7. The van der Waals surface area contributed by atoms with E-state index in [2.05, 4.69) is 24.6 Å². The molecule has 0 aromatic carbocycles. The summed E-state index contributed by atoms with van der Waals surface area (Å²) in [5.41, 5.74) is 8.06. The number of unbranched alkanes of at least 4 members (excludes halogenated alkanes) is 3. The predicted molar refractivity (Wildman–Crippen MR) is 67.1 cm³/mol. The summed E-state index contributed by atoms with van der Waals surface area (Å²) in [7, 11) is 0. The molecule has 1 fully saturated rings. The molecule has 0 unspecified atom stereocenters. The average molecular weight is 300 g/mol. The maximum Gasteiger partial charge on any atom is 0.566 e. The lowest BCUT2D eigenvalue weighted by Crippen LogP contribution is -2.32. The van der Waals surface area contributed by atoms with E-state index in [0.29, 0.717) is 18.0 Å². The van der Waals surface area contributed by atoms with Crippen molar-refractivity contribution in [3.8, 4) is 0 Å². The van der Waals surface area contributed by atoms with Crippen LogP contribution in [-0.4, -0.2) is 36.2 Å². The van der Waals surface area contributed by atoms with Crippen LogP contribution in [0.1, 0.15) is 38.5 Å². The Morgan fingerprint density at radius 2 is 1.86 bits per heavy atom. The number of azide groups is 1. The summed E-state index contributed by atoms with van der Waals surface area (Å²) in [4.78, 5) is 49.3. The first kappa shape index (κ1) is 16.7. The maximum atomic E-state index is 11.1. The van der Waals surface area contributed by atoms with Crippen molar-refractivity contribution in [3.05, 3.63) is 10.4 Å². The minimum absolute atomic E-state index is 0.0167. The van der Waals surface area contributed by atoms with Crippen molar-refractivity contribution in [2.24, 2.45) is 5.11 Å². The molecule has 1 rings (SSSR count). The van der Waals surface area contributed by atoms with Crippen LogP contribution in [0, 0.1) is 0 Å². The Morgan fingerprint density at radius 3 is 2.52 bits per heavy atom. The largest absolute Gasteiger partial charge is 0.566 e. The van der Waals surface area contributed by atoms with Gasteiger partial charge in [-0.15, -0.1) is 0 Å². The Bertz CT molecular complexity index is 418. The molecule has 0 saturated carbocycles. The van der Waals surface area contributed by atoms with Crippen LogP contribution in [0.5, 0.6) is 0 Å². The molecule has 0 atom stereocenters. The molecule has 2 amide bonds. The lowest BCUT2D eigenvalue weighted by Gasteiger charge is -2.11. The van der Waals surface area contributed by atoms with E-state index in [9.17, 15) is 14.4 Å². The molecule has 10 heteroatoms. The average Bonchev–Trinajstić information content (AvgIpc) is 2.77. The topological polar surface area (TPSA) is 131 Å². The van der Waals surface area contributed by atoms with Gasteiger partial charge in [0.25, 0.3) is 11.8 Å². The molecule has 0 radical (unpaired) electrons. The molecule has 0 aromatic heterocycles. The highest BCUT2D eigenvalue weighted by molar-refractivity contribution is 6.01. The lowest BCUT2D eigenvalue weighted by atomic mass is 10.2. The highest BCUT2D eigenvalue weighted by Crippen LogP contribution is 2.12. The quantitative estimate of drug-likeness (QED) is 0.122. The minimum Gasteiger partial charge on any atom is -0.293 e. The first-order chi connectivity index (χ1) is 10.1. The fourth-order valence-electron chi connectivity index (χ4n) is 1.58. The van der Waals surface area contributed by atoms with E-state index in [-0.39, 0.29) is 19.4 Å². The van der Waals surface area contributed by atoms with Gasteiger partial charge >= 0.3 is 6.16 Å². The number of hydrogen-bond donors (Lipinski definition) is 0. The zero-order valence-electron chi connectivity index (χ0n) is 11.4. The first-order valence-electron chi connectivity index (χ1n) is 6.53. The lowest BCUT2D eigenvalue weighted by molar-refractivity contribution is -0.271. The van der Waals surface area contributed by atoms with E-state index >= 15 is 0 Å². The van der Waals surface area contributed by atoms with E-state index in [1.165, 1.54) is 0 Å². The van der Waals surface area contributed by atoms with Gasteiger partial charge in [-0.1, -0.05) is 23.0 Å². The Hall–Kier alpha value is -2.32.